The molecule has 5 aromatic rings. The van der Waals surface area contributed by atoms with Crippen LogP contribution in [0.2, 0.25) is 0 Å². The molecular weight excluding hydrogens is 398 g/mol. The van der Waals surface area contributed by atoms with Crippen molar-refractivity contribution in [3.63, 3.8) is 0 Å². The van der Waals surface area contributed by atoms with E-state index in [2.05, 4.69) is 15.6 Å². The van der Waals surface area contributed by atoms with Crippen LogP contribution in [0.3, 0.4) is 0 Å². The Morgan fingerprint density at radius 3 is 2.55 bits per heavy atom. The van der Waals surface area contributed by atoms with Crippen molar-refractivity contribution in [3.05, 3.63) is 102 Å². The molecule has 0 aliphatic heterocycles. The van der Waals surface area contributed by atoms with Crippen LogP contribution in [0, 0.1) is 11.6 Å². The standard InChI is InChI=1S/C24H16F2N4O/c25-18-10-11-21(20(26)13-18)28-27-14-17-15-30(19-7-2-1-3-8-19)29-24(17)23-12-16-6-4-5-9-22(16)31-23/h1-15,28H/b27-14-. The van der Waals surface area contributed by atoms with E-state index in [1.807, 2.05) is 66.9 Å². The maximum Gasteiger partial charge on any atom is 0.156 e. The molecule has 31 heavy (non-hydrogen) atoms. The third-order valence-electron chi connectivity index (χ3n) is 4.74. The van der Waals surface area contributed by atoms with Crippen LogP contribution in [0.25, 0.3) is 28.1 Å². The summed E-state index contributed by atoms with van der Waals surface area (Å²) < 4.78 is 34.7. The van der Waals surface area contributed by atoms with Gasteiger partial charge in [-0.05, 0) is 36.4 Å². The molecule has 2 heterocycles. The first-order valence-electron chi connectivity index (χ1n) is 9.55. The van der Waals surface area contributed by atoms with Crippen LogP contribution < -0.4 is 5.43 Å². The monoisotopic (exact) mass is 414 g/mol. The van der Waals surface area contributed by atoms with Crippen molar-refractivity contribution in [3.8, 4) is 17.1 Å². The van der Waals surface area contributed by atoms with Gasteiger partial charge in [0.15, 0.2) is 11.6 Å². The third-order valence-corrected chi connectivity index (χ3v) is 4.74. The first-order chi connectivity index (χ1) is 15.2. The predicted octanol–water partition coefficient (Wildman–Crippen LogP) is 6.01. The van der Waals surface area contributed by atoms with Gasteiger partial charge in [0.05, 0.1) is 17.6 Å². The Balaban J connectivity index is 1.53. The van der Waals surface area contributed by atoms with E-state index in [1.165, 1.54) is 12.3 Å². The highest BCUT2D eigenvalue weighted by atomic mass is 19.1. The molecular formula is C24H16F2N4O. The second-order valence-corrected chi connectivity index (χ2v) is 6.86. The number of furan rings is 1. The minimum Gasteiger partial charge on any atom is -0.454 e. The highest BCUT2D eigenvalue weighted by Crippen LogP contribution is 2.29. The summed E-state index contributed by atoms with van der Waals surface area (Å²) in [6.07, 6.45) is 3.34. The largest absolute Gasteiger partial charge is 0.454 e. The first kappa shape index (κ1) is 18.7. The van der Waals surface area contributed by atoms with Crippen molar-refractivity contribution >= 4 is 22.9 Å². The van der Waals surface area contributed by atoms with E-state index in [9.17, 15) is 8.78 Å². The van der Waals surface area contributed by atoms with Crippen LogP contribution >= 0.6 is 0 Å². The lowest BCUT2D eigenvalue weighted by atomic mass is 10.2. The SMILES string of the molecule is Fc1ccc(N/N=C\c2cn(-c3ccccc3)nc2-c2cc3ccccc3o2)c(F)c1. The van der Waals surface area contributed by atoms with Crippen molar-refractivity contribution in [2.45, 2.75) is 0 Å². The molecule has 152 valence electrons. The van der Waals surface area contributed by atoms with E-state index >= 15 is 0 Å². The van der Waals surface area contributed by atoms with Crippen molar-refractivity contribution in [1.82, 2.24) is 9.78 Å². The first-order valence-corrected chi connectivity index (χ1v) is 9.55. The van der Waals surface area contributed by atoms with Gasteiger partial charge in [0.25, 0.3) is 0 Å². The molecule has 0 spiro atoms. The summed E-state index contributed by atoms with van der Waals surface area (Å²) in [5, 5.41) is 9.76. The average Bonchev–Trinajstić information content (AvgIpc) is 3.40. The lowest BCUT2D eigenvalue weighted by Gasteiger charge is -2.01. The number of nitrogens with one attached hydrogen (secondary N) is 1. The molecule has 7 heteroatoms. The van der Waals surface area contributed by atoms with Gasteiger partial charge in [-0.2, -0.15) is 10.2 Å². The number of hydrogen-bond acceptors (Lipinski definition) is 4. The average molecular weight is 414 g/mol. The van der Waals surface area contributed by atoms with Crippen LogP contribution in [-0.2, 0) is 0 Å². The smallest absolute Gasteiger partial charge is 0.156 e. The number of para-hydroxylation sites is 2. The number of aromatic nitrogens is 2. The summed E-state index contributed by atoms with van der Waals surface area (Å²) in [5.74, 6) is -0.789. The number of hydrazone groups is 1. The Morgan fingerprint density at radius 2 is 1.74 bits per heavy atom. The molecule has 2 aromatic heterocycles. The van der Waals surface area contributed by atoms with Gasteiger partial charge in [0.2, 0.25) is 0 Å². The van der Waals surface area contributed by atoms with Gasteiger partial charge in [-0.25, -0.2) is 13.5 Å². The maximum absolute atomic E-state index is 13.9. The van der Waals surface area contributed by atoms with Crippen LogP contribution in [-0.4, -0.2) is 16.0 Å². The number of benzene rings is 3. The molecule has 0 atom stereocenters. The topological polar surface area (TPSA) is 55.4 Å². The van der Waals surface area contributed by atoms with E-state index in [0.717, 1.165) is 28.8 Å². The fourth-order valence-electron chi connectivity index (χ4n) is 3.24. The lowest BCUT2D eigenvalue weighted by molar-refractivity contribution is 0.585. The Labute approximate surface area is 176 Å². The predicted molar refractivity (Wildman–Crippen MR) is 116 cm³/mol. The molecule has 0 fully saturated rings. The summed E-state index contributed by atoms with van der Waals surface area (Å²) in [7, 11) is 0. The van der Waals surface area contributed by atoms with Gasteiger partial charge in [0.1, 0.15) is 17.1 Å². The zero-order valence-corrected chi connectivity index (χ0v) is 16.2. The maximum atomic E-state index is 13.9. The summed E-state index contributed by atoms with van der Waals surface area (Å²) in [6, 6.07) is 22.5. The van der Waals surface area contributed by atoms with E-state index < -0.39 is 11.6 Å². The number of halogens is 2. The molecule has 0 radical (unpaired) electrons. The molecule has 3 aromatic carbocycles. The number of nitrogens with zero attached hydrogens (tertiary/aromatic N) is 3. The molecule has 0 saturated carbocycles. The van der Waals surface area contributed by atoms with Gasteiger partial charge in [-0.1, -0.05) is 36.4 Å². The van der Waals surface area contributed by atoms with Crippen LogP contribution in [0.15, 0.2) is 94.6 Å². The zero-order chi connectivity index (χ0) is 21.2. The van der Waals surface area contributed by atoms with E-state index in [0.29, 0.717) is 17.0 Å². The lowest BCUT2D eigenvalue weighted by Crippen LogP contribution is -1.94. The molecule has 1 N–H and O–H groups in total. The second kappa shape index (κ2) is 7.87. The molecule has 0 unspecified atom stereocenters. The van der Waals surface area contributed by atoms with Gasteiger partial charge in [0, 0.05) is 23.2 Å². The highest BCUT2D eigenvalue weighted by Gasteiger charge is 2.15. The van der Waals surface area contributed by atoms with Gasteiger partial charge >= 0.3 is 0 Å². The second-order valence-electron chi connectivity index (χ2n) is 6.86. The summed E-state index contributed by atoms with van der Waals surface area (Å²) in [5.41, 5.74) is 5.55. The number of fused-ring (bicyclic) bond motifs is 1. The minimum absolute atomic E-state index is 0.0680. The molecule has 0 aliphatic rings. The molecule has 5 nitrogen and oxygen atoms in total. The summed E-state index contributed by atoms with van der Waals surface area (Å²) in [4.78, 5) is 0. The molecule has 0 saturated heterocycles. The number of hydrogen-bond donors (Lipinski definition) is 1. The zero-order valence-electron chi connectivity index (χ0n) is 16.2. The quantitative estimate of drug-likeness (QED) is 0.283. The molecule has 0 aliphatic carbocycles. The Bertz CT molecular complexity index is 1360. The normalized spacial score (nSPS) is 11.4. The fourth-order valence-corrected chi connectivity index (χ4v) is 3.24. The van der Waals surface area contributed by atoms with Crippen molar-refractivity contribution in [2.75, 3.05) is 5.43 Å². The van der Waals surface area contributed by atoms with Crippen LogP contribution in [0.5, 0.6) is 0 Å². The van der Waals surface area contributed by atoms with Gasteiger partial charge < -0.3 is 4.42 Å². The third kappa shape index (κ3) is 3.81. The van der Waals surface area contributed by atoms with E-state index in [4.69, 9.17) is 4.42 Å². The Hall–Kier alpha value is -4.26. The Kier molecular flexibility index (Phi) is 4.76. The van der Waals surface area contributed by atoms with Crippen LogP contribution in [0.1, 0.15) is 5.56 Å². The minimum atomic E-state index is -0.727. The summed E-state index contributed by atoms with van der Waals surface area (Å²) in [6.45, 7) is 0. The van der Waals surface area contributed by atoms with Crippen molar-refractivity contribution in [2.24, 2.45) is 5.10 Å². The van der Waals surface area contributed by atoms with Gasteiger partial charge in [-0.15, -0.1) is 0 Å². The molecule has 5 rings (SSSR count). The van der Waals surface area contributed by atoms with E-state index in [-0.39, 0.29) is 5.69 Å². The number of anilines is 1. The van der Waals surface area contributed by atoms with Crippen molar-refractivity contribution in [1.29, 1.82) is 0 Å². The number of rotatable bonds is 5. The highest BCUT2D eigenvalue weighted by molar-refractivity contribution is 5.91. The van der Waals surface area contributed by atoms with E-state index in [1.54, 1.807) is 4.68 Å². The summed E-state index contributed by atoms with van der Waals surface area (Å²) >= 11 is 0. The molecule has 0 bridgehead atoms. The fraction of sp³-hybridized carbons (Fsp3) is 0. The van der Waals surface area contributed by atoms with Crippen LogP contribution in [0.4, 0.5) is 14.5 Å². The Morgan fingerprint density at radius 1 is 0.935 bits per heavy atom. The van der Waals surface area contributed by atoms with Crippen molar-refractivity contribution < 1.29 is 13.2 Å². The molecule has 0 amide bonds. The van der Waals surface area contributed by atoms with Gasteiger partial charge in [-0.3, -0.25) is 5.43 Å².